The Morgan fingerprint density at radius 2 is 1.31 bits per heavy atom. The molecule has 1 aromatic heterocycles. The van der Waals surface area contributed by atoms with Crippen molar-refractivity contribution < 1.29 is 68.1 Å². The van der Waals surface area contributed by atoms with Crippen LogP contribution in [0.4, 0.5) is 0 Å². The van der Waals surface area contributed by atoms with E-state index in [0.29, 0.717) is 22.3 Å². The fourth-order valence-electron chi connectivity index (χ4n) is 10.1. The molecule has 89 heavy (non-hydrogen) atoms. The Morgan fingerprint density at radius 1 is 0.685 bits per heavy atom. The van der Waals surface area contributed by atoms with E-state index in [4.69, 9.17) is 17.2 Å². The molecule has 4 aromatic rings. The molecule has 29 heteroatoms. The molecule has 0 spiro atoms. The highest BCUT2D eigenvalue weighted by molar-refractivity contribution is 5.99. The first-order chi connectivity index (χ1) is 42.1. The molecular formula is C60H83N15O14. The number of β-amino-alcohol motifs (C(OH)–C–C–N with tert-alkyl or cyclic N) is 1. The van der Waals surface area contributed by atoms with Crippen LogP contribution < -0.4 is 65.1 Å². The Balaban J connectivity index is 1.29. The number of aryl methyl sites for hydroxylation is 1. The lowest BCUT2D eigenvalue weighted by molar-refractivity contribution is -0.142. The Kier molecular flexibility index (Phi) is 26.4. The Hall–Kier alpha value is -9.64. The van der Waals surface area contributed by atoms with Gasteiger partial charge in [-0.2, -0.15) is 0 Å². The second-order valence-electron chi connectivity index (χ2n) is 22.4. The number of aromatic nitrogens is 1. The van der Waals surface area contributed by atoms with Gasteiger partial charge in [-0.1, -0.05) is 68.4 Å². The van der Waals surface area contributed by atoms with Crippen LogP contribution in [0.25, 0.3) is 10.9 Å². The maximum Gasteiger partial charge on any atom is 0.246 e. The summed E-state index contributed by atoms with van der Waals surface area (Å²) in [5.74, 6) is -10.0. The number of amides is 11. The first-order valence-electron chi connectivity index (χ1n) is 29.1. The molecule has 0 radical (unpaired) electrons. The first-order valence-corrected chi connectivity index (χ1v) is 29.1. The van der Waals surface area contributed by atoms with Crippen molar-refractivity contribution in [3.8, 4) is 5.75 Å². The van der Waals surface area contributed by atoms with Crippen molar-refractivity contribution in [2.45, 2.75) is 147 Å². The topological polar surface area (TPSA) is 466 Å². The number of aliphatic imine (C=N–C) groups is 1. The molecule has 0 saturated carbocycles. The summed E-state index contributed by atoms with van der Waals surface area (Å²) in [6.07, 6.45) is -2.30. The SMILES string of the molecule is CN=C(N)NCCC[C@H](NC(=O)[C@H](CC(C)C)NC(=O)CNC(=O)[C@H](Cc1ccccc1C)NC(=O)[C@@H](NC(=O)[C@H](CC(N)=O)NC(=O)[C@@H]1C[C@@H](O)CN1C(=O)[C@@H](Cc1ccc(O)cc1)NC(C)=O)[C@@H](C)O)C(=O)N[C@@H](Cc1c[nH]c2ccccc12)C(N)=O. The number of guanidine groups is 1. The fourth-order valence-corrected chi connectivity index (χ4v) is 10.1. The van der Waals surface area contributed by atoms with E-state index in [2.05, 4.69) is 57.8 Å². The third-order valence-corrected chi connectivity index (χ3v) is 14.7. The van der Waals surface area contributed by atoms with Crippen LogP contribution in [-0.2, 0) is 72.0 Å². The molecule has 1 aliphatic heterocycles. The quantitative estimate of drug-likeness (QED) is 0.0130. The summed E-state index contributed by atoms with van der Waals surface area (Å²) in [4.78, 5) is 158. The lowest BCUT2D eigenvalue weighted by atomic mass is 9.99. The van der Waals surface area contributed by atoms with Crippen LogP contribution in [0.15, 0.2) is 84.0 Å². The number of aliphatic hydroxyl groups is 2. The number of primary amides is 2. The van der Waals surface area contributed by atoms with Crippen LogP contribution in [0.2, 0.25) is 0 Å². The fraction of sp³-hybridized carbons (Fsp3) is 0.467. The Morgan fingerprint density at radius 3 is 1.96 bits per heavy atom. The largest absolute Gasteiger partial charge is 0.508 e. The molecule has 1 saturated heterocycles. The summed E-state index contributed by atoms with van der Waals surface area (Å²) >= 11 is 0. The number of aromatic amines is 1. The molecule has 3 aromatic carbocycles. The average molecular weight is 1240 g/mol. The molecule has 10 atom stereocenters. The van der Waals surface area contributed by atoms with Crippen molar-refractivity contribution in [3.05, 3.63) is 101 Å². The predicted molar refractivity (Wildman–Crippen MR) is 326 cm³/mol. The number of hydrogen-bond donors (Lipinski definition) is 16. The highest BCUT2D eigenvalue weighted by Gasteiger charge is 2.43. The highest BCUT2D eigenvalue weighted by Crippen LogP contribution is 2.23. The number of para-hydroxylation sites is 1. The number of nitrogens with two attached hydrogens (primary N) is 3. The van der Waals surface area contributed by atoms with Crippen LogP contribution in [0.1, 0.15) is 82.1 Å². The number of H-pyrrole nitrogens is 1. The standard InChI is InChI=1S/C60H83N15O14/c1-31(2)22-44(55(85)70-42(16-11-21-65-60(63)64-6)54(84)71-43(52(62)82)25-37-28-66-41-15-10-9-14-40(37)41)69-50(81)29-67-53(83)45(24-36-13-8-7-12-32(36)3)73-58(88)51(33(4)76)74-56(86)46(27-49(61)80)72-57(87)48-26-39(79)30-75(48)59(89)47(68-34(5)77)23-35-17-19-38(78)20-18-35/h7-10,12-15,17-20,28,31,33,39,42-48,51,66,76,78-79H,11,16,21-27,29-30H2,1-6H3,(H2,61,80)(H2,62,82)(H,67,83)(H,68,77)(H,69,81)(H,70,85)(H,71,84)(H,72,87)(H,73,88)(H,74,86)(H3,63,64,65)/t33-,39-,42+,43+,44+,45+,46+,47-,48+,51+/m1/s1. The number of benzene rings is 3. The summed E-state index contributed by atoms with van der Waals surface area (Å²) in [5.41, 5.74) is 20.4. The molecule has 2 heterocycles. The van der Waals surface area contributed by atoms with E-state index in [0.717, 1.165) is 22.7 Å². The minimum absolute atomic E-state index is 0.0261. The van der Waals surface area contributed by atoms with E-state index >= 15 is 0 Å². The lowest BCUT2D eigenvalue weighted by Crippen LogP contribution is -2.61. The number of fused-ring (bicyclic) bond motifs is 1. The van der Waals surface area contributed by atoms with E-state index in [1.54, 1.807) is 51.2 Å². The second-order valence-corrected chi connectivity index (χ2v) is 22.4. The highest BCUT2D eigenvalue weighted by atomic mass is 16.3. The van der Waals surface area contributed by atoms with Gasteiger partial charge in [0.05, 0.1) is 25.2 Å². The van der Waals surface area contributed by atoms with E-state index in [1.807, 2.05) is 24.3 Å². The van der Waals surface area contributed by atoms with Crippen LogP contribution in [-0.4, -0.2) is 183 Å². The third kappa shape index (κ3) is 21.6. The number of phenolic OH excluding ortho intramolecular Hbond substituents is 1. The second kappa shape index (κ2) is 33.5. The van der Waals surface area contributed by atoms with Gasteiger partial charge < -0.3 is 90.3 Å². The number of carbonyl (C=O) groups is 11. The number of nitrogens with zero attached hydrogens (tertiary/aromatic N) is 2. The molecule has 0 aliphatic carbocycles. The number of aromatic hydroxyl groups is 1. The molecule has 29 nitrogen and oxygen atoms in total. The molecular weight excluding hydrogens is 1150 g/mol. The molecule has 0 bridgehead atoms. The number of phenols is 1. The lowest BCUT2D eigenvalue weighted by Gasteiger charge is -2.30. The van der Waals surface area contributed by atoms with Gasteiger partial charge >= 0.3 is 0 Å². The normalized spacial score (nSPS) is 16.6. The van der Waals surface area contributed by atoms with E-state index < -0.39 is 138 Å². The maximum atomic E-state index is 14.2. The summed E-state index contributed by atoms with van der Waals surface area (Å²) in [6.45, 7) is 6.78. The molecule has 482 valence electrons. The van der Waals surface area contributed by atoms with Crippen molar-refractivity contribution in [2.75, 3.05) is 26.7 Å². The number of aliphatic hydroxyl groups excluding tert-OH is 2. The van der Waals surface area contributed by atoms with Crippen molar-refractivity contribution in [2.24, 2.45) is 28.1 Å². The Labute approximate surface area is 514 Å². The molecule has 11 amide bonds. The van der Waals surface area contributed by atoms with Gasteiger partial charge in [-0.3, -0.25) is 57.7 Å². The molecule has 0 unspecified atom stereocenters. The zero-order chi connectivity index (χ0) is 65.6. The zero-order valence-corrected chi connectivity index (χ0v) is 50.6. The van der Waals surface area contributed by atoms with Gasteiger partial charge in [0, 0.05) is 69.8 Å². The zero-order valence-electron chi connectivity index (χ0n) is 50.6. The van der Waals surface area contributed by atoms with Crippen LogP contribution in [0.5, 0.6) is 5.75 Å². The maximum absolute atomic E-state index is 14.2. The molecule has 1 aliphatic rings. The van der Waals surface area contributed by atoms with Crippen LogP contribution >= 0.6 is 0 Å². The first kappa shape index (κ1) is 70.1. The average Bonchev–Trinajstić information content (AvgIpc) is 3.62. The number of nitrogens with one attached hydrogen (secondary N) is 10. The van der Waals surface area contributed by atoms with Gasteiger partial charge in [0.15, 0.2) is 5.96 Å². The summed E-state index contributed by atoms with van der Waals surface area (Å²) < 4.78 is 0. The number of carbonyl (C=O) groups excluding carboxylic acids is 11. The van der Waals surface area contributed by atoms with Gasteiger partial charge in [0.25, 0.3) is 0 Å². The van der Waals surface area contributed by atoms with Crippen LogP contribution in [0, 0.1) is 12.8 Å². The van der Waals surface area contributed by atoms with Gasteiger partial charge in [-0.05, 0) is 79.5 Å². The summed E-state index contributed by atoms with van der Waals surface area (Å²) in [6, 6.07) is 8.38. The van der Waals surface area contributed by atoms with Crippen molar-refractivity contribution in [1.29, 1.82) is 0 Å². The van der Waals surface area contributed by atoms with E-state index in [1.165, 1.54) is 38.2 Å². The number of likely N-dealkylation sites (tertiary alicyclic amines) is 1. The number of hydrogen-bond acceptors (Lipinski definition) is 15. The van der Waals surface area contributed by atoms with Crippen LogP contribution in [0.3, 0.4) is 0 Å². The summed E-state index contributed by atoms with van der Waals surface area (Å²) in [5, 5.41) is 55.3. The minimum Gasteiger partial charge on any atom is -0.508 e. The van der Waals surface area contributed by atoms with E-state index in [-0.39, 0.29) is 75.7 Å². The monoisotopic (exact) mass is 1240 g/mol. The molecule has 5 rings (SSSR count). The smallest absolute Gasteiger partial charge is 0.246 e. The predicted octanol–water partition coefficient (Wildman–Crippen LogP) is -3.20. The van der Waals surface area contributed by atoms with Gasteiger partial charge in [-0.25, -0.2) is 0 Å². The van der Waals surface area contributed by atoms with Gasteiger partial charge in [0.2, 0.25) is 65.0 Å². The number of rotatable bonds is 32. The Bertz CT molecular complexity index is 3210. The molecule has 1 fully saturated rings. The summed E-state index contributed by atoms with van der Waals surface area (Å²) in [7, 11) is 1.48. The van der Waals surface area contributed by atoms with Crippen molar-refractivity contribution >= 4 is 81.8 Å². The third-order valence-electron chi connectivity index (χ3n) is 14.7. The van der Waals surface area contributed by atoms with Gasteiger partial charge in [0.1, 0.15) is 54.1 Å². The minimum atomic E-state index is -1.88. The van der Waals surface area contributed by atoms with Crippen molar-refractivity contribution in [3.63, 3.8) is 0 Å². The van der Waals surface area contributed by atoms with Crippen molar-refractivity contribution in [1.82, 2.24) is 57.7 Å². The van der Waals surface area contributed by atoms with Gasteiger partial charge in [-0.15, -0.1) is 0 Å². The van der Waals surface area contributed by atoms with E-state index in [9.17, 15) is 68.1 Å². The molecule has 19 N–H and O–H groups in total.